The standard InChI is InChI=1S/C31H25ClF3N3O3/c1-41-31(40)37-19-8-9-21-22-14-17(6-11-24(22)33)20(4-2-3-5-28(39)38-27(21)15-19)26-13-7-18(16-36-26)29-25(34)12-10-23(32)30(29)35/h6-16,20H,2-5H2,1H3,(H,37,40)(H,38,39). The molecule has 1 unspecified atom stereocenters. The summed E-state index contributed by atoms with van der Waals surface area (Å²) in [4.78, 5) is 29.0. The van der Waals surface area contributed by atoms with Crippen LogP contribution in [0.25, 0.3) is 22.3 Å². The van der Waals surface area contributed by atoms with E-state index < -0.39 is 23.5 Å². The minimum atomic E-state index is -0.864. The molecular weight excluding hydrogens is 555 g/mol. The summed E-state index contributed by atoms with van der Waals surface area (Å²) in [6.45, 7) is 0. The van der Waals surface area contributed by atoms with Crippen molar-refractivity contribution in [1.29, 1.82) is 0 Å². The molecule has 210 valence electrons. The molecule has 3 aromatic carbocycles. The van der Waals surface area contributed by atoms with Gasteiger partial charge in [0.15, 0.2) is 5.82 Å². The lowest BCUT2D eigenvalue weighted by Crippen LogP contribution is -2.15. The van der Waals surface area contributed by atoms with Gasteiger partial charge in [-0.05, 0) is 60.9 Å². The third-order valence-corrected chi connectivity index (χ3v) is 7.32. The number of aromatic nitrogens is 1. The molecule has 2 amide bonds. The van der Waals surface area contributed by atoms with Crippen molar-refractivity contribution in [2.45, 2.75) is 31.6 Å². The van der Waals surface area contributed by atoms with E-state index in [1.165, 1.54) is 19.4 Å². The number of nitrogens with zero attached hydrogens (tertiary/aromatic N) is 1. The molecule has 0 aliphatic carbocycles. The van der Waals surface area contributed by atoms with Crippen LogP contribution < -0.4 is 10.6 Å². The summed E-state index contributed by atoms with van der Waals surface area (Å²) in [7, 11) is 1.23. The lowest BCUT2D eigenvalue weighted by atomic mass is 9.87. The fraction of sp³-hybridized carbons (Fsp3) is 0.194. The van der Waals surface area contributed by atoms with E-state index in [1.807, 2.05) is 0 Å². The quantitative estimate of drug-likeness (QED) is 0.239. The van der Waals surface area contributed by atoms with E-state index in [4.69, 9.17) is 11.6 Å². The first kappa shape index (κ1) is 28.2. The molecule has 0 radical (unpaired) electrons. The minimum absolute atomic E-state index is 0.193. The van der Waals surface area contributed by atoms with Gasteiger partial charge in [0, 0.05) is 46.6 Å². The molecule has 6 nitrogen and oxygen atoms in total. The number of halogens is 4. The van der Waals surface area contributed by atoms with Crippen molar-refractivity contribution < 1.29 is 27.5 Å². The largest absolute Gasteiger partial charge is 0.453 e. The summed E-state index contributed by atoms with van der Waals surface area (Å²) >= 11 is 5.86. The molecule has 2 heterocycles. The molecule has 1 aliphatic rings. The number of hydrogen-bond donors (Lipinski definition) is 2. The first-order chi connectivity index (χ1) is 19.7. The smallest absolute Gasteiger partial charge is 0.411 e. The third-order valence-electron chi connectivity index (χ3n) is 7.03. The summed E-state index contributed by atoms with van der Waals surface area (Å²) in [6.07, 6.45) is 2.81. The van der Waals surface area contributed by atoms with Gasteiger partial charge in [-0.2, -0.15) is 0 Å². The zero-order valence-electron chi connectivity index (χ0n) is 21.9. The van der Waals surface area contributed by atoms with Gasteiger partial charge in [0.1, 0.15) is 11.6 Å². The Bertz CT molecular complexity index is 1630. The van der Waals surface area contributed by atoms with E-state index in [0.717, 1.165) is 17.7 Å². The molecule has 2 N–H and O–H groups in total. The Morgan fingerprint density at radius 3 is 2.56 bits per heavy atom. The molecule has 41 heavy (non-hydrogen) atoms. The molecule has 0 spiro atoms. The van der Waals surface area contributed by atoms with Crippen LogP contribution >= 0.6 is 11.6 Å². The average Bonchev–Trinajstić information content (AvgIpc) is 2.96. The molecule has 1 aliphatic heterocycles. The second kappa shape index (κ2) is 12.0. The van der Waals surface area contributed by atoms with E-state index in [0.29, 0.717) is 41.9 Å². The molecule has 10 heteroatoms. The van der Waals surface area contributed by atoms with Gasteiger partial charge < -0.3 is 10.1 Å². The second-order valence-corrected chi connectivity index (χ2v) is 10.1. The van der Waals surface area contributed by atoms with Crippen LogP contribution in [0, 0.1) is 17.5 Å². The number of carbonyl (C=O) groups excluding carboxylic acids is 2. The number of carbonyl (C=O) groups is 2. The topological polar surface area (TPSA) is 80.3 Å². The highest BCUT2D eigenvalue weighted by atomic mass is 35.5. The number of anilines is 2. The molecule has 1 atom stereocenters. The van der Waals surface area contributed by atoms with Gasteiger partial charge in [0.05, 0.1) is 23.4 Å². The molecule has 0 saturated carbocycles. The number of pyridine rings is 1. The van der Waals surface area contributed by atoms with Crippen molar-refractivity contribution in [2.75, 3.05) is 17.7 Å². The Kier molecular flexibility index (Phi) is 8.26. The maximum atomic E-state index is 15.3. The van der Waals surface area contributed by atoms with Gasteiger partial charge >= 0.3 is 6.09 Å². The third kappa shape index (κ3) is 6.05. The Hall–Kier alpha value is -4.37. The van der Waals surface area contributed by atoms with Crippen LogP contribution in [-0.4, -0.2) is 24.1 Å². The molecule has 4 aromatic rings. The van der Waals surface area contributed by atoms with E-state index in [1.54, 1.807) is 42.5 Å². The van der Waals surface area contributed by atoms with Gasteiger partial charge in [-0.25, -0.2) is 18.0 Å². The summed E-state index contributed by atoms with van der Waals surface area (Å²) in [5.74, 6) is -2.63. The number of fused-ring (bicyclic) bond motifs is 4. The SMILES string of the molecule is COC(=O)Nc1ccc2c(c1)NC(=O)CCCCC(c1ccc(-c3c(F)ccc(Cl)c3F)cn1)c1ccc(F)c-2c1. The normalized spacial score (nSPS) is 15.1. The molecule has 0 fully saturated rings. The van der Waals surface area contributed by atoms with Crippen LogP contribution in [0.3, 0.4) is 0 Å². The maximum Gasteiger partial charge on any atom is 0.411 e. The first-order valence-corrected chi connectivity index (χ1v) is 13.3. The van der Waals surface area contributed by atoms with Gasteiger partial charge in [0.2, 0.25) is 5.91 Å². The lowest BCUT2D eigenvalue weighted by Gasteiger charge is -2.21. The highest BCUT2D eigenvalue weighted by molar-refractivity contribution is 6.31. The van der Waals surface area contributed by atoms with E-state index in [9.17, 15) is 18.4 Å². The van der Waals surface area contributed by atoms with Crippen molar-refractivity contribution in [3.05, 3.63) is 101 Å². The van der Waals surface area contributed by atoms with E-state index >= 15 is 4.39 Å². The highest BCUT2D eigenvalue weighted by Gasteiger charge is 2.22. The van der Waals surface area contributed by atoms with Crippen LogP contribution in [0.15, 0.2) is 66.9 Å². The van der Waals surface area contributed by atoms with Crippen molar-refractivity contribution >= 4 is 35.0 Å². The Labute approximate surface area is 239 Å². The van der Waals surface area contributed by atoms with Crippen molar-refractivity contribution in [2.24, 2.45) is 0 Å². The number of rotatable bonds is 3. The summed E-state index contributed by atoms with van der Waals surface area (Å²) in [5.41, 5.74) is 2.80. The van der Waals surface area contributed by atoms with Crippen LogP contribution in [0.4, 0.5) is 29.3 Å². The number of benzene rings is 3. The lowest BCUT2D eigenvalue weighted by molar-refractivity contribution is -0.116. The highest BCUT2D eigenvalue weighted by Crippen LogP contribution is 2.38. The minimum Gasteiger partial charge on any atom is -0.453 e. The van der Waals surface area contributed by atoms with E-state index in [2.05, 4.69) is 20.4 Å². The van der Waals surface area contributed by atoms with Crippen LogP contribution in [0.1, 0.15) is 42.9 Å². The fourth-order valence-electron chi connectivity index (χ4n) is 4.98. The summed E-state index contributed by atoms with van der Waals surface area (Å²) in [5, 5.41) is 5.20. The van der Waals surface area contributed by atoms with Crippen LogP contribution in [0.2, 0.25) is 5.02 Å². The number of hydrogen-bond acceptors (Lipinski definition) is 4. The number of ether oxygens (including phenoxy) is 1. The van der Waals surface area contributed by atoms with Gasteiger partial charge in [-0.1, -0.05) is 36.2 Å². The van der Waals surface area contributed by atoms with Gasteiger partial charge in [0.25, 0.3) is 0 Å². The monoisotopic (exact) mass is 579 g/mol. The summed E-state index contributed by atoms with van der Waals surface area (Å²) < 4.78 is 48.9. The average molecular weight is 580 g/mol. The first-order valence-electron chi connectivity index (χ1n) is 12.9. The Morgan fingerprint density at radius 1 is 1.00 bits per heavy atom. The van der Waals surface area contributed by atoms with Crippen LogP contribution in [-0.2, 0) is 9.53 Å². The molecule has 0 saturated heterocycles. The Balaban J connectivity index is 1.56. The zero-order valence-corrected chi connectivity index (χ0v) is 22.7. The maximum absolute atomic E-state index is 15.3. The molecule has 2 bridgehead atoms. The van der Waals surface area contributed by atoms with Gasteiger partial charge in [-0.15, -0.1) is 0 Å². The van der Waals surface area contributed by atoms with Crippen molar-refractivity contribution in [3.63, 3.8) is 0 Å². The van der Waals surface area contributed by atoms with E-state index in [-0.39, 0.29) is 40.0 Å². The fourth-order valence-corrected chi connectivity index (χ4v) is 5.14. The summed E-state index contributed by atoms with van der Waals surface area (Å²) in [6, 6.07) is 15.1. The number of amides is 2. The zero-order chi connectivity index (χ0) is 29.1. The molecule has 1 aromatic heterocycles. The number of methoxy groups -OCH3 is 1. The number of nitrogens with one attached hydrogen (secondary N) is 2. The predicted molar refractivity (Wildman–Crippen MR) is 151 cm³/mol. The van der Waals surface area contributed by atoms with Crippen molar-refractivity contribution in [3.8, 4) is 22.3 Å². The van der Waals surface area contributed by atoms with Gasteiger partial charge in [-0.3, -0.25) is 15.1 Å². The Morgan fingerprint density at radius 2 is 1.80 bits per heavy atom. The molecular formula is C31H25ClF3N3O3. The van der Waals surface area contributed by atoms with Crippen molar-refractivity contribution in [1.82, 2.24) is 4.98 Å². The predicted octanol–water partition coefficient (Wildman–Crippen LogP) is 8.31. The molecule has 5 rings (SSSR count). The van der Waals surface area contributed by atoms with Crippen LogP contribution in [0.5, 0.6) is 0 Å². The second-order valence-electron chi connectivity index (χ2n) is 9.65.